The molecule has 0 aliphatic heterocycles. The molecule has 2 aromatic rings. The monoisotopic (exact) mass is 218 g/mol. The lowest BCUT2D eigenvalue weighted by Crippen LogP contribution is -2.09. The van der Waals surface area contributed by atoms with Gasteiger partial charge in [0, 0.05) is 5.56 Å². The first-order valence-electron chi connectivity index (χ1n) is 4.73. The van der Waals surface area contributed by atoms with E-state index in [9.17, 15) is 4.79 Å². The summed E-state index contributed by atoms with van der Waals surface area (Å²) in [7, 11) is 0. The lowest BCUT2D eigenvalue weighted by Gasteiger charge is -2.04. The van der Waals surface area contributed by atoms with E-state index in [1.807, 2.05) is 12.1 Å². The second-order valence-electron chi connectivity index (χ2n) is 3.22. The van der Waals surface area contributed by atoms with Crippen LogP contribution in [0.4, 0.5) is 0 Å². The molecule has 1 aromatic heterocycles. The topological polar surface area (TPSA) is 59.7 Å². The molecule has 1 heterocycles. The number of carbonyl (C=O) groups is 1. The van der Waals surface area contributed by atoms with Crippen molar-refractivity contribution in [3.8, 4) is 16.9 Å². The van der Waals surface area contributed by atoms with Gasteiger partial charge in [-0.25, -0.2) is 4.79 Å². The van der Waals surface area contributed by atoms with Gasteiger partial charge in [-0.1, -0.05) is 12.1 Å². The van der Waals surface area contributed by atoms with Crippen LogP contribution in [-0.4, -0.2) is 17.7 Å². The molecule has 4 nitrogen and oxygen atoms in total. The average Bonchev–Trinajstić information content (AvgIpc) is 2.80. The van der Waals surface area contributed by atoms with Crippen molar-refractivity contribution in [1.29, 1.82) is 0 Å². The highest BCUT2D eigenvalue weighted by molar-refractivity contribution is 5.69. The van der Waals surface area contributed by atoms with E-state index in [1.165, 1.54) is 0 Å². The van der Waals surface area contributed by atoms with Crippen LogP contribution >= 0.6 is 0 Å². The number of benzene rings is 1. The van der Waals surface area contributed by atoms with Crippen molar-refractivity contribution in [3.05, 3.63) is 42.9 Å². The van der Waals surface area contributed by atoms with Crippen LogP contribution in [0.25, 0.3) is 11.1 Å². The van der Waals surface area contributed by atoms with Crippen LogP contribution in [0.2, 0.25) is 0 Å². The molecule has 0 saturated carbocycles. The molecule has 2 rings (SSSR count). The van der Waals surface area contributed by atoms with Gasteiger partial charge in [0.1, 0.15) is 5.75 Å². The number of aliphatic carboxylic acids is 1. The molecule has 4 heteroatoms. The zero-order valence-corrected chi connectivity index (χ0v) is 8.42. The first-order valence-corrected chi connectivity index (χ1v) is 4.73. The van der Waals surface area contributed by atoms with E-state index in [2.05, 4.69) is 0 Å². The Labute approximate surface area is 92.1 Å². The van der Waals surface area contributed by atoms with Crippen molar-refractivity contribution in [3.63, 3.8) is 0 Å². The number of ether oxygens (including phenoxy) is 1. The van der Waals surface area contributed by atoms with Crippen molar-refractivity contribution < 1.29 is 19.1 Å². The number of carboxylic acids is 1. The maximum Gasteiger partial charge on any atom is 0.341 e. The molecule has 0 fully saturated rings. The summed E-state index contributed by atoms with van der Waals surface area (Å²) in [6.45, 7) is -0.338. The molecule has 0 radical (unpaired) electrons. The summed E-state index contributed by atoms with van der Waals surface area (Å²) in [5, 5.41) is 8.49. The molecule has 0 amide bonds. The predicted octanol–water partition coefficient (Wildman–Crippen LogP) is 2.41. The Morgan fingerprint density at radius 2 is 2.19 bits per heavy atom. The van der Waals surface area contributed by atoms with Crippen LogP contribution in [0.5, 0.6) is 5.75 Å². The third-order valence-corrected chi connectivity index (χ3v) is 2.05. The van der Waals surface area contributed by atoms with Crippen molar-refractivity contribution in [2.45, 2.75) is 0 Å². The number of furan rings is 1. The van der Waals surface area contributed by atoms with Gasteiger partial charge in [-0.3, -0.25) is 0 Å². The van der Waals surface area contributed by atoms with E-state index < -0.39 is 5.97 Å². The molecule has 1 N–H and O–H groups in total. The molecule has 0 saturated heterocycles. The Hall–Kier alpha value is -2.23. The van der Waals surface area contributed by atoms with Gasteiger partial charge < -0.3 is 14.3 Å². The standard InChI is InChI=1S/C12H10O4/c13-12(14)8-16-11-3-1-2-9(6-11)10-4-5-15-7-10/h1-7H,8H2,(H,13,14). The van der Waals surface area contributed by atoms with Gasteiger partial charge in [-0.05, 0) is 23.8 Å². The summed E-state index contributed by atoms with van der Waals surface area (Å²) in [6.07, 6.45) is 3.20. The predicted molar refractivity (Wildman–Crippen MR) is 57.3 cm³/mol. The van der Waals surface area contributed by atoms with Crippen molar-refractivity contribution in [1.82, 2.24) is 0 Å². The molecule has 0 unspecified atom stereocenters. The molecule has 0 bridgehead atoms. The fourth-order valence-corrected chi connectivity index (χ4v) is 1.34. The Morgan fingerprint density at radius 1 is 1.31 bits per heavy atom. The molecule has 0 aliphatic carbocycles. The molecular formula is C12H10O4. The van der Waals surface area contributed by atoms with Gasteiger partial charge in [0.25, 0.3) is 0 Å². The summed E-state index contributed by atoms with van der Waals surface area (Å²) in [5.41, 5.74) is 1.86. The Kier molecular flexibility index (Phi) is 2.91. The van der Waals surface area contributed by atoms with Gasteiger partial charge in [-0.2, -0.15) is 0 Å². The molecule has 0 spiro atoms. The lowest BCUT2D eigenvalue weighted by molar-refractivity contribution is -0.139. The Morgan fingerprint density at radius 3 is 2.88 bits per heavy atom. The maximum atomic E-state index is 10.3. The molecule has 16 heavy (non-hydrogen) atoms. The Bertz CT molecular complexity index is 474. The van der Waals surface area contributed by atoms with E-state index in [0.717, 1.165) is 11.1 Å². The van der Waals surface area contributed by atoms with Crippen LogP contribution in [0.1, 0.15) is 0 Å². The fourth-order valence-electron chi connectivity index (χ4n) is 1.34. The molecule has 82 valence electrons. The minimum Gasteiger partial charge on any atom is -0.482 e. The number of rotatable bonds is 4. The fraction of sp³-hybridized carbons (Fsp3) is 0.0833. The van der Waals surface area contributed by atoms with Crippen LogP contribution in [0.3, 0.4) is 0 Å². The summed E-state index contributed by atoms with van der Waals surface area (Å²) < 4.78 is 10.0. The largest absolute Gasteiger partial charge is 0.482 e. The van der Waals surface area contributed by atoms with E-state index >= 15 is 0 Å². The van der Waals surface area contributed by atoms with E-state index in [-0.39, 0.29) is 6.61 Å². The normalized spacial score (nSPS) is 10.0. The molecule has 0 atom stereocenters. The molecule has 0 aliphatic rings. The summed E-state index contributed by atoms with van der Waals surface area (Å²) in [6, 6.07) is 9.02. The second-order valence-corrected chi connectivity index (χ2v) is 3.22. The van der Waals surface area contributed by atoms with E-state index in [1.54, 1.807) is 30.7 Å². The molecular weight excluding hydrogens is 208 g/mol. The highest BCUT2D eigenvalue weighted by atomic mass is 16.5. The van der Waals surface area contributed by atoms with Crippen molar-refractivity contribution in [2.75, 3.05) is 6.61 Å². The minimum atomic E-state index is -0.992. The number of hydrogen-bond acceptors (Lipinski definition) is 3. The third-order valence-electron chi connectivity index (χ3n) is 2.05. The average molecular weight is 218 g/mol. The van der Waals surface area contributed by atoms with Crippen molar-refractivity contribution in [2.24, 2.45) is 0 Å². The summed E-state index contributed by atoms with van der Waals surface area (Å²) in [4.78, 5) is 10.3. The van der Waals surface area contributed by atoms with Gasteiger partial charge >= 0.3 is 5.97 Å². The van der Waals surface area contributed by atoms with Crippen LogP contribution in [0, 0.1) is 0 Å². The SMILES string of the molecule is O=C(O)COc1cccc(-c2ccoc2)c1. The van der Waals surface area contributed by atoms with Crippen LogP contribution < -0.4 is 4.74 Å². The zero-order chi connectivity index (χ0) is 11.4. The smallest absolute Gasteiger partial charge is 0.341 e. The van der Waals surface area contributed by atoms with Crippen molar-refractivity contribution >= 4 is 5.97 Å². The number of carboxylic acid groups (broad SMARTS) is 1. The highest BCUT2D eigenvalue weighted by Gasteiger charge is 2.02. The van der Waals surface area contributed by atoms with Crippen LogP contribution in [-0.2, 0) is 4.79 Å². The summed E-state index contributed by atoms with van der Waals surface area (Å²) >= 11 is 0. The summed E-state index contributed by atoms with van der Waals surface area (Å²) in [5.74, 6) is -0.463. The zero-order valence-electron chi connectivity index (χ0n) is 8.42. The second kappa shape index (κ2) is 4.53. The lowest BCUT2D eigenvalue weighted by atomic mass is 10.1. The van der Waals surface area contributed by atoms with E-state index in [0.29, 0.717) is 5.75 Å². The number of hydrogen-bond donors (Lipinski definition) is 1. The Balaban J connectivity index is 2.17. The minimum absolute atomic E-state index is 0.338. The maximum absolute atomic E-state index is 10.3. The first-order chi connectivity index (χ1) is 7.75. The van der Waals surface area contributed by atoms with E-state index in [4.69, 9.17) is 14.3 Å². The quantitative estimate of drug-likeness (QED) is 0.856. The van der Waals surface area contributed by atoms with Gasteiger partial charge in [0.2, 0.25) is 0 Å². The first kappa shape index (κ1) is 10.3. The highest BCUT2D eigenvalue weighted by Crippen LogP contribution is 2.23. The van der Waals surface area contributed by atoms with Gasteiger partial charge in [0.05, 0.1) is 12.5 Å². The van der Waals surface area contributed by atoms with Crippen LogP contribution in [0.15, 0.2) is 47.3 Å². The third kappa shape index (κ3) is 2.42. The van der Waals surface area contributed by atoms with Gasteiger partial charge in [-0.15, -0.1) is 0 Å². The van der Waals surface area contributed by atoms with Gasteiger partial charge in [0.15, 0.2) is 6.61 Å². The molecule has 1 aromatic carbocycles.